The number of amides is 1. The third-order valence-corrected chi connectivity index (χ3v) is 7.25. The van der Waals surface area contributed by atoms with E-state index in [9.17, 15) is 9.90 Å². The highest BCUT2D eigenvalue weighted by atomic mass is 79.9. The molecular weight excluding hydrogens is 580 g/mol. The summed E-state index contributed by atoms with van der Waals surface area (Å²) < 4.78 is 15.0. The molecule has 0 spiro atoms. The molecule has 1 amide bonds. The van der Waals surface area contributed by atoms with Crippen molar-refractivity contribution in [3.05, 3.63) is 98.6 Å². The Labute approximate surface area is 218 Å². The van der Waals surface area contributed by atoms with Gasteiger partial charge in [0.25, 0.3) is 5.91 Å². The normalized spacial score (nSPS) is 15.5. The van der Waals surface area contributed by atoms with E-state index in [0.29, 0.717) is 17.2 Å². The number of carbonyl (C=O) groups is 1. The molecule has 5 rings (SSSR count). The Hall–Kier alpha value is -2.95. The zero-order valence-electron chi connectivity index (χ0n) is 18.8. The first-order valence-electron chi connectivity index (χ1n) is 11.0. The first-order chi connectivity index (χ1) is 16.8. The van der Waals surface area contributed by atoms with Gasteiger partial charge in [0, 0.05) is 8.95 Å². The second-order valence-corrected chi connectivity index (χ2v) is 10.3. The summed E-state index contributed by atoms with van der Waals surface area (Å²) in [6.45, 7) is 2.44. The van der Waals surface area contributed by atoms with Gasteiger partial charge >= 0.3 is 0 Å². The summed E-state index contributed by atoms with van der Waals surface area (Å²) in [4.78, 5) is 14.4. The molecule has 35 heavy (non-hydrogen) atoms. The highest BCUT2D eigenvalue weighted by Gasteiger charge is 2.48. The lowest BCUT2D eigenvalue weighted by Crippen LogP contribution is -2.61. The first kappa shape index (κ1) is 23.8. The molecule has 2 aromatic heterocycles. The van der Waals surface area contributed by atoms with Crippen LogP contribution in [0, 0.1) is 0 Å². The number of rotatable bonds is 7. The molecule has 4 aromatic rings. The van der Waals surface area contributed by atoms with Crippen molar-refractivity contribution >= 4 is 37.8 Å². The van der Waals surface area contributed by atoms with Gasteiger partial charge in [-0.3, -0.25) is 4.79 Å². The monoisotopic (exact) mass is 600 g/mol. The molecule has 1 saturated heterocycles. The van der Waals surface area contributed by atoms with Crippen LogP contribution in [-0.4, -0.2) is 44.0 Å². The van der Waals surface area contributed by atoms with E-state index in [4.69, 9.17) is 9.15 Å². The zero-order chi connectivity index (χ0) is 24.6. The van der Waals surface area contributed by atoms with E-state index in [1.165, 1.54) is 4.90 Å². The summed E-state index contributed by atoms with van der Waals surface area (Å²) in [5, 5.41) is 19.4. The predicted molar refractivity (Wildman–Crippen MR) is 135 cm³/mol. The number of β-amino-alcohol motifs (C(OH)–C–C–N with tert-alkyl or cyclic N) is 1. The summed E-state index contributed by atoms with van der Waals surface area (Å²) in [6, 6.07) is 18.6. The Morgan fingerprint density at radius 2 is 1.89 bits per heavy atom. The number of halogens is 2. The van der Waals surface area contributed by atoms with Gasteiger partial charge in [-0.2, -0.15) is 0 Å². The van der Waals surface area contributed by atoms with Gasteiger partial charge in [-0.1, -0.05) is 55.3 Å². The van der Waals surface area contributed by atoms with E-state index in [-0.39, 0.29) is 37.4 Å². The van der Waals surface area contributed by atoms with Gasteiger partial charge < -0.3 is 19.2 Å². The van der Waals surface area contributed by atoms with Gasteiger partial charge in [0.15, 0.2) is 5.76 Å². The molecule has 3 heterocycles. The maximum absolute atomic E-state index is 12.8. The Morgan fingerprint density at radius 3 is 2.63 bits per heavy atom. The Kier molecular flexibility index (Phi) is 6.52. The van der Waals surface area contributed by atoms with Crippen molar-refractivity contribution in [1.82, 2.24) is 19.9 Å². The van der Waals surface area contributed by atoms with Gasteiger partial charge in [0.2, 0.25) is 0 Å². The number of nitrogens with zero attached hydrogens (tertiary/aromatic N) is 4. The van der Waals surface area contributed by atoms with Crippen molar-refractivity contribution in [3.8, 4) is 5.75 Å². The maximum Gasteiger partial charge on any atom is 0.289 e. The first-order valence-corrected chi connectivity index (χ1v) is 12.6. The van der Waals surface area contributed by atoms with Crippen molar-refractivity contribution in [2.24, 2.45) is 0 Å². The lowest BCUT2D eigenvalue weighted by molar-refractivity contribution is -0.0901. The van der Waals surface area contributed by atoms with E-state index < -0.39 is 5.60 Å². The number of benzene rings is 2. The summed E-state index contributed by atoms with van der Waals surface area (Å²) in [5.74, 6) is 1.15. The largest absolute Gasteiger partial charge is 0.486 e. The Morgan fingerprint density at radius 1 is 1.14 bits per heavy atom. The van der Waals surface area contributed by atoms with Crippen molar-refractivity contribution < 1.29 is 19.1 Å². The average molecular weight is 602 g/mol. The van der Waals surface area contributed by atoms with Crippen LogP contribution in [0.2, 0.25) is 0 Å². The molecular formula is C25H22Br2N4O4. The van der Waals surface area contributed by atoms with Crippen molar-refractivity contribution in [2.75, 3.05) is 13.1 Å². The molecule has 180 valence electrons. The molecule has 2 aromatic carbocycles. The molecule has 0 bridgehead atoms. The van der Waals surface area contributed by atoms with Gasteiger partial charge in [0.05, 0.1) is 25.3 Å². The second-order valence-electron chi connectivity index (χ2n) is 8.48. The molecule has 0 radical (unpaired) electrons. The standard InChI is InChI=1S/C25H22Br2N4O4/c1-16(20-4-2-3-5-21(20)27)31-12-23(28-29-31)25(33)14-30(15-25)24(32)22-11-10-19(35-22)13-34-18-8-6-17(26)7-9-18/h2-12,16,33H,13-15H2,1H3/t16-/m1/s1. The van der Waals surface area contributed by atoms with Crippen LogP contribution in [0.3, 0.4) is 0 Å². The summed E-state index contributed by atoms with van der Waals surface area (Å²) >= 11 is 6.95. The quantitative estimate of drug-likeness (QED) is 0.323. The minimum Gasteiger partial charge on any atom is -0.486 e. The summed E-state index contributed by atoms with van der Waals surface area (Å²) in [5.41, 5.74) is 0.240. The van der Waals surface area contributed by atoms with Gasteiger partial charge in [-0.25, -0.2) is 4.68 Å². The zero-order valence-corrected chi connectivity index (χ0v) is 21.9. The molecule has 0 aliphatic carbocycles. The number of hydrogen-bond acceptors (Lipinski definition) is 6. The molecule has 10 heteroatoms. The smallest absolute Gasteiger partial charge is 0.289 e. The number of hydrogen-bond donors (Lipinski definition) is 1. The Balaban J connectivity index is 1.19. The van der Waals surface area contributed by atoms with Crippen LogP contribution in [0.5, 0.6) is 5.75 Å². The topological polar surface area (TPSA) is 93.6 Å². The fraction of sp³-hybridized carbons (Fsp3) is 0.240. The van der Waals surface area contributed by atoms with Crippen LogP contribution in [0.4, 0.5) is 0 Å². The van der Waals surface area contributed by atoms with Crippen LogP contribution >= 0.6 is 31.9 Å². The third kappa shape index (κ3) is 4.91. The van der Waals surface area contributed by atoms with E-state index in [2.05, 4.69) is 42.2 Å². The van der Waals surface area contributed by atoms with Crippen molar-refractivity contribution in [3.63, 3.8) is 0 Å². The summed E-state index contributed by atoms with van der Waals surface area (Å²) in [7, 11) is 0. The molecule has 0 saturated carbocycles. The van der Waals surface area contributed by atoms with E-state index in [1.807, 2.05) is 55.5 Å². The highest BCUT2D eigenvalue weighted by molar-refractivity contribution is 9.10. The van der Waals surface area contributed by atoms with Crippen LogP contribution in [0.25, 0.3) is 0 Å². The van der Waals surface area contributed by atoms with Crippen molar-refractivity contribution in [2.45, 2.75) is 25.2 Å². The van der Waals surface area contributed by atoms with E-state index in [0.717, 1.165) is 14.5 Å². The highest BCUT2D eigenvalue weighted by Crippen LogP contribution is 2.33. The van der Waals surface area contributed by atoms with Crippen LogP contribution < -0.4 is 4.74 Å². The van der Waals surface area contributed by atoms with Gasteiger partial charge in [-0.15, -0.1) is 5.10 Å². The molecule has 1 N–H and O–H groups in total. The summed E-state index contributed by atoms with van der Waals surface area (Å²) in [6.07, 6.45) is 1.73. The predicted octanol–water partition coefficient (Wildman–Crippen LogP) is 4.93. The SMILES string of the molecule is C[C@H](c1ccccc1Br)n1cc(C2(O)CN(C(=O)c3ccc(COc4ccc(Br)cc4)o3)C2)nn1. The van der Waals surface area contributed by atoms with Crippen LogP contribution in [-0.2, 0) is 12.2 Å². The minimum absolute atomic E-state index is 0.0746. The molecule has 0 unspecified atom stereocenters. The van der Waals surface area contributed by atoms with Gasteiger partial charge in [-0.05, 0) is 55.0 Å². The molecule has 1 fully saturated rings. The molecule has 1 atom stereocenters. The van der Waals surface area contributed by atoms with Crippen LogP contribution in [0.1, 0.15) is 40.5 Å². The number of likely N-dealkylation sites (tertiary alicyclic amines) is 1. The van der Waals surface area contributed by atoms with Gasteiger partial charge in [0.1, 0.15) is 29.4 Å². The number of aliphatic hydroxyl groups is 1. The number of aromatic nitrogens is 3. The second kappa shape index (κ2) is 9.60. The third-order valence-electron chi connectivity index (χ3n) is 6.00. The fourth-order valence-corrected chi connectivity index (χ4v) is 4.82. The minimum atomic E-state index is -1.25. The molecule has 1 aliphatic heterocycles. The average Bonchev–Trinajstić information content (AvgIpc) is 3.52. The van der Waals surface area contributed by atoms with E-state index >= 15 is 0 Å². The van der Waals surface area contributed by atoms with Crippen LogP contribution in [0.15, 0.2) is 80.2 Å². The Bertz CT molecular complexity index is 1350. The number of ether oxygens (including phenoxy) is 1. The van der Waals surface area contributed by atoms with Crippen molar-refractivity contribution in [1.29, 1.82) is 0 Å². The maximum atomic E-state index is 12.8. The van der Waals surface area contributed by atoms with E-state index in [1.54, 1.807) is 23.0 Å². The lowest BCUT2D eigenvalue weighted by atomic mass is 9.90. The fourth-order valence-electron chi connectivity index (χ4n) is 3.94. The number of furan rings is 1. The molecule has 1 aliphatic rings. The number of carbonyl (C=O) groups excluding carboxylic acids is 1. The molecule has 8 nitrogen and oxygen atoms in total. The lowest BCUT2D eigenvalue weighted by Gasteiger charge is -2.44.